The highest BCUT2D eigenvalue weighted by molar-refractivity contribution is 5.82. The predicted octanol–water partition coefficient (Wildman–Crippen LogP) is 0.615. The van der Waals surface area contributed by atoms with E-state index in [9.17, 15) is 4.79 Å². The van der Waals surface area contributed by atoms with Gasteiger partial charge in [-0.25, -0.2) is 0 Å². The standard InChI is InChI=1S/C18H35N5O2/c1-5-21(6-2)15(3)14-20-18(19-4)23-11-9-22(10-12-23)17(24)16-8-7-13-25-16/h15-16H,5-14H2,1-4H3,(H,19,20). The van der Waals surface area contributed by atoms with Crippen LogP contribution in [0.15, 0.2) is 4.99 Å². The summed E-state index contributed by atoms with van der Waals surface area (Å²) in [7, 11) is 1.83. The van der Waals surface area contributed by atoms with Crippen molar-refractivity contribution in [1.29, 1.82) is 0 Å². The number of nitrogens with zero attached hydrogens (tertiary/aromatic N) is 4. The first-order valence-electron chi connectivity index (χ1n) is 9.70. The second-order valence-electron chi connectivity index (χ2n) is 6.81. The van der Waals surface area contributed by atoms with Crippen LogP contribution in [0.25, 0.3) is 0 Å². The van der Waals surface area contributed by atoms with Crippen LogP contribution in [-0.4, -0.2) is 98.2 Å². The summed E-state index contributed by atoms with van der Waals surface area (Å²) in [6, 6.07) is 0.467. The highest BCUT2D eigenvalue weighted by Gasteiger charge is 2.30. The van der Waals surface area contributed by atoms with Gasteiger partial charge in [0.2, 0.25) is 0 Å². The third kappa shape index (κ3) is 5.31. The number of nitrogens with one attached hydrogen (secondary N) is 1. The van der Waals surface area contributed by atoms with E-state index in [0.29, 0.717) is 6.04 Å². The maximum atomic E-state index is 12.4. The Morgan fingerprint density at radius 3 is 2.40 bits per heavy atom. The highest BCUT2D eigenvalue weighted by atomic mass is 16.5. The minimum absolute atomic E-state index is 0.162. The first-order chi connectivity index (χ1) is 12.1. The maximum absolute atomic E-state index is 12.4. The van der Waals surface area contributed by atoms with E-state index in [-0.39, 0.29) is 12.0 Å². The van der Waals surface area contributed by atoms with E-state index in [4.69, 9.17) is 4.74 Å². The fourth-order valence-electron chi connectivity index (χ4n) is 3.66. The van der Waals surface area contributed by atoms with Crippen molar-refractivity contribution in [2.24, 2.45) is 4.99 Å². The number of hydrogen-bond acceptors (Lipinski definition) is 4. The third-order valence-electron chi connectivity index (χ3n) is 5.30. The number of carbonyl (C=O) groups is 1. The molecule has 25 heavy (non-hydrogen) atoms. The highest BCUT2D eigenvalue weighted by Crippen LogP contribution is 2.16. The van der Waals surface area contributed by atoms with E-state index in [1.165, 1.54) is 0 Å². The molecule has 0 aromatic heterocycles. The van der Waals surface area contributed by atoms with E-state index in [1.54, 1.807) is 0 Å². The third-order valence-corrected chi connectivity index (χ3v) is 5.30. The smallest absolute Gasteiger partial charge is 0.251 e. The summed E-state index contributed by atoms with van der Waals surface area (Å²) in [4.78, 5) is 23.5. The second kappa shape index (κ2) is 9.97. The molecule has 144 valence electrons. The van der Waals surface area contributed by atoms with Crippen LogP contribution in [0.1, 0.15) is 33.6 Å². The van der Waals surface area contributed by atoms with Crippen LogP contribution >= 0.6 is 0 Å². The fourth-order valence-corrected chi connectivity index (χ4v) is 3.66. The van der Waals surface area contributed by atoms with Crippen molar-refractivity contribution < 1.29 is 9.53 Å². The number of hydrogen-bond donors (Lipinski definition) is 1. The Morgan fingerprint density at radius 1 is 1.24 bits per heavy atom. The molecule has 2 aliphatic rings. The van der Waals surface area contributed by atoms with Gasteiger partial charge in [0.25, 0.3) is 5.91 Å². The lowest BCUT2D eigenvalue weighted by atomic mass is 10.2. The molecular formula is C18H35N5O2. The summed E-state index contributed by atoms with van der Waals surface area (Å²) in [6.07, 6.45) is 1.65. The zero-order valence-electron chi connectivity index (χ0n) is 16.3. The molecule has 0 spiro atoms. The molecule has 0 bridgehead atoms. The van der Waals surface area contributed by atoms with Gasteiger partial charge in [0.15, 0.2) is 5.96 Å². The molecule has 7 nitrogen and oxygen atoms in total. The molecule has 2 atom stereocenters. The molecule has 2 saturated heterocycles. The van der Waals surface area contributed by atoms with Crippen LogP contribution in [-0.2, 0) is 9.53 Å². The monoisotopic (exact) mass is 353 g/mol. The number of piperazine rings is 1. The lowest BCUT2D eigenvalue weighted by Crippen LogP contribution is -2.56. The van der Waals surface area contributed by atoms with Crippen molar-refractivity contribution in [3.63, 3.8) is 0 Å². The summed E-state index contributed by atoms with van der Waals surface area (Å²) in [6.45, 7) is 13.5. The molecule has 2 rings (SSSR count). The minimum atomic E-state index is -0.209. The Balaban J connectivity index is 1.78. The number of aliphatic imine (C=N–C) groups is 1. The van der Waals surface area contributed by atoms with Crippen molar-refractivity contribution in [3.8, 4) is 0 Å². The zero-order chi connectivity index (χ0) is 18.2. The molecule has 0 aromatic carbocycles. The SMILES string of the molecule is CCN(CC)C(C)CNC(=NC)N1CCN(C(=O)C2CCCO2)CC1. The molecule has 0 aromatic rings. The van der Waals surface area contributed by atoms with Crippen molar-refractivity contribution in [2.45, 2.75) is 45.8 Å². The predicted molar refractivity (Wildman–Crippen MR) is 101 cm³/mol. The molecule has 1 N–H and O–H groups in total. The van der Waals surface area contributed by atoms with Crippen molar-refractivity contribution in [3.05, 3.63) is 0 Å². The normalized spacial score (nSPS) is 23.2. The van der Waals surface area contributed by atoms with Crippen molar-refractivity contribution >= 4 is 11.9 Å². The number of rotatable bonds is 6. The van der Waals surface area contributed by atoms with Gasteiger partial charge in [-0.2, -0.15) is 0 Å². The van der Waals surface area contributed by atoms with Crippen LogP contribution in [0.5, 0.6) is 0 Å². The van der Waals surface area contributed by atoms with Crippen molar-refractivity contribution in [2.75, 3.05) is 59.5 Å². The quantitative estimate of drug-likeness (QED) is 0.560. The minimum Gasteiger partial charge on any atom is -0.368 e. The summed E-state index contributed by atoms with van der Waals surface area (Å²) >= 11 is 0. The summed E-state index contributed by atoms with van der Waals surface area (Å²) in [5.74, 6) is 1.10. The van der Waals surface area contributed by atoms with Crippen LogP contribution in [0.4, 0.5) is 0 Å². The molecule has 2 aliphatic heterocycles. The van der Waals surface area contributed by atoms with Gasteiger partial charge >= 0.3 is 0 Å². The fraction of sp³-hybridized carbons (Fsp3) is 0.889. The number of ether oxygens (including phenoxy) is 1. The van der Waals surface area contributed by atoms with Gasteiger partial charge in [-0.05, 0) is 32.9 Å². The van der Waals surface area contributed by atoms with Crippen LogP contribution in [0.2, 0.25) is 0 Å². The maximum Gasteiger partial charge on any atom is 0.251 e. The first-order valence-corrected chi connectivity index (χ1v) is 9.70. The van der Waals surface area contributed by atoms with Gasteiger partial charge in [-0.15, -0.1) is 0 Å². The largest absolute Gasteiger partial charge is 0.368 e. The van der Waals surface area contributed by atoms with Gasteiger partial charge in [-0.1, -0.05) is 13.8 Å². The summed E-state index contributed by atoms with van der Waals surface area (Å²) in [5.41, 5.74) is 0. The van der Waals surface area contributed by atoms with Crippen LogP contribution in [0.3, 0.4) is 0 Å². The summed E-state index contributed by atoms with van der Waals surface area (Å²) < 4.78 is 5.53. The molecule has 2 fully saturated rings. The van der Waals surface area contributed by atoms with Gasteiger partial charge < -0.3 is 19.9 Å². The van der Waals surface area contributed by atoms with Crippen LogP contribution in [0, 0.1) is 0 Å². The van der Waals surface area contributed by atoms with Gasteiger partial charge in [0.1, 0.15) is 6.10 Å². The Bertz CT molecular complexity index is 439. The van der Waals surface area contributed by atoms with E-state index < -0.39 is 0 Å². The Hall–Kier alpha value is -1.34. The number of guanidine groups is 1. The average Bonchev–Trinajstić information content (AvgIpc) is 3.18. The van der Waals surface area contributed by atoms with E-state index in [0.717, 1.165) is 71.2 Å². The number of amides is 1. The topological polar surface area (TPSA) is 60.4 Å². The average molecular weight is 354 g/mol. The van der Waals surface area contributed by atoms with Gasteiger partial charge in [0.05, 0.1) is 0 Å². The van der Waals surface area contributed by atoms with E-state index in [2.05, 4.69) is 40.9 Å². The molecule has 1 amide bonds. The zero-order valence-corrected chi connectivity index (χ0v) is 16.3. The Morgan fingerprint density at radius 2 is 1.88 bits per heavy atom. The van der Waals surface area contributed by atoms with E-state index in [1.807, 2.05) is 11.9 Å². The molecule has 2 unspecified atom stereocenters. The molecule has 0 radical (unpaired) electrons. The van der Waals surface area contributed by atoms with Gasteiger partial charge in [-0.3, -0.25) is 14.7 Å². The first kappa shape index (κ1) is 20.0. The second-order valence-corrected chi connectivity index (χ2v) is 6.81. The molecule has 0 aliphatic carbocycles. The van der Waals surface area contributed by atoms with Crippen LogP contribution < -0.4 is 5.32 Å². The van der Waals surface area contributed by atoms with Crippen molar-refractivity contribution in [1.82, 2.24) is 20.0 Å². The molecule has 2 heterocycles. The molecular weight excluding hydrogens is 318 g/mol. The molecule has 7 heteroatoms. The number of carbonyl (C=O) groups excluding carboxylic acids is 1. The summed E-state index contributed by atoms with van der Waals surface area (Å²) in [5, 5.41) is 3.49. The van der Waals surface area contributed by atoms with E-state index >= 15 is 0 Å². The Labute approximate surface area is 152 Å². The van der Waals surface area contributed by atoms with Gasteiger partial charge in [0, 0.05) is 52.4 Å². The Kier molecular flexibility index (Phi) is 7.96. The number of likely N-dealkylation sites (N-methyl/N-ethyl adjacent to an activating group) is 1. The lowest BCUT2D eigenvalue weighted by Gasteiger charge is -2.38. The molecule has 0 saturated carbocycles. The lowest BCUT2D eigenvalue weighted by molar-refractivity contribution is -0.142.